The first kappa shape index (κ1) is 31.7. The molecular weight excluding hydrogens is 596 g/mol. The lowest BCUT2D eigenvalue weighted by atomic mass is 9.95. The molecule has 0 saturated carbocycles. The molecule has 242 valence electrons. The molecule has 4 aromatic rings. The molecule has 2 aromatic carbocycles. The largest absolute Gasteiger partial charge is 0.480 e. The predicted molar refractivity (Wildman–Crippen MR) is 181 cm³/mol. The van der Waals surface area contributed by atoms with E-state index in [0.717, 1.165) is 53.9 Å². The first-order chi connectivity index (χ1) is 22.8. The molecule has 2 aliphatic rings. The van der Waals surface area contributed by atoms with Gasteiger partial charge in [0.15, 0.2) is 0 Å². The van der Waals surface area contributed by atoms with E-state index in [2.05, 4.69) is 20.8 Å². The zero-order chi connectivity index (χ0) is 32.9. The molecule has 4 heterocycles. The van der Waals surface area contributed by atoms with E-state index in [-0.39, 0.29) is 11.0 Å². The van der Waals surface area contributed by atoms with E-state index in [1.165, 1.54) is 14.2 Å². The molecule has 11 nitrogen and oxygen atoms in total. The minimum Gasteiger partial charge on any atom is -0.480 e. The van der Waals surface area contributed by atoms with E-state index < -0.39 is 12.1 Å². The number of anilines is 1. The Labute approximate surface area is 273 Å². The van der Waals surface area contributed by atoms with E-state index in [4.69, 9.17) is 19.9 Å². The molecule has 0 aliphatic carbocycles. The summed E-state index contributed by atoms with van der Waals surface area (Å²) in [7, 11) is 3.05. The monoisotopic (exact) mass is 634 g/mol. The van der Waals surface area contributed by atoms with Crippen molar-refractivity contribution in [2.45, 2.75) is 32.5 Å². The van der Waals surface area contributed by atoms with Crippen LogP contribution in [0, 0.1) is 12.8 Å². The number of nitrogens with zero attached hydrogens (tertiary/aromatic N) is 3. The van der Waals surface area contributed by atoms with E-state index in [1.807, 2.05) is 60.2 Å². The van der Waals surface area contributed by atoms with Gasteiger partial charge in [0.05, 0.1) is 19.8 Å². The number of dihydropyridines is 1. The van der Waals surface area contributed by atoms with E-state index in [0.29, 0.717) is 41.0 Å². The summed E-state index contributed by atoms with van der Waals surface area (Å²) in [5.41, 5.74) is 12.3. The second-order valence-electron chi connectivity index (χ2n) is 11.7. The summed E-state index contributed by atoms with van der Waals surface area (Å²) in [6.45, 7) is 4.14. The molecule has 1 fully saturated rings. The van der Waals surface area contributed by atoms with Gasteiger partial charge < -0.3 is 35.1 Å². The Bertz CT molecular complexity index is 1880. The smallest absolute Gasteiger partial charge is 0.261 e. The molecule has 11 heteroatoms. The Hall–Kier alpha value is -5.26. The molecule has 0 radical (unpaired) electrons. The highest BCUT2D eigenvalue weighted by Crippen LogP contribution is 2.32. The van der Waals surface area contributed by atoms with Gasteiger partial charge in [0.25, 0.3) is 5.91 Å². The van der Waals surface area contributed by atoms with E-state index >= 15 is 0 Å². The number of ether oxygens (including phenoxy) is 3. The normalized spacial score (nSPS) is 16.5. The van der Waals surface area contributed by atoms with E-state index in [9.17, 15) is 9.59 Å². The molecule has 47 heavy (non-hydrogen) atoms. The van der Waals surface area contributed by atoms with Crippen LogP contribution < -0.4 is 31.3 Å². The maximum Gasteiger partial charge on any atom is 0.261 e. The fourth-order valence-electron chi connectivity index (χ4n) is 5.82. The van der Waals surface area contributed by atoms with Gasteiger partial charge in [-0.1, -0.05) is 42.0 Å². The number of aromatic nitrogens is 3. The van der Waals surface area contributed by atoms with Gasteiger partial charge >= 0.3 is 0 Å². The number of allylic oxidation sites excluding steroid dienone is 2. The van der Waals surface area contributed by atoms with Crippen LogP contribution in [0.4, 0.5) is 5.69 Å². The summed E-state index contributed by atoms with van der Waals surface area (Å²) in [4.78, 5) is 27.3. The molecule has 1 amide bonds. The van der Waals surface area contributed by atoms with Crippen LogP contribution in [0.1, 0.15) is 39.9 Å². The lowest BCUT2D eigenvalue weighted by Crippen LogP contribution is -2.37. The van der Waals surface area contributed by atoms with Crippen molar-refractivity contribution in [2.24, 2.45) is 11.7 Å². The first-order valence-corrected chi connectivity index (χ1v) is 15.5. The lowest BCUT2D eigenvalue weighted by Gasteiger charge is -2.24. The summed E-state index contributed by atoms with van der Waals surface area (Å²) in [6.07, 6.45) is 8.68. The predicted octanol–water partition coefficient (Wildman–Crippen LogP) is 4.62. The van der Waals surface area contributed by atoms with Gasteiger partial charge in [-0.3, -0.25) is 9.59 Å². The van der Waals surface area contributed by atoms with Crippen LogP contribution in [0.2, 0.25) is 0 Å². The standard InChI is InChI=1S/C36H38N6O5/c1-22-4-6-25(7-5-22)30-20-42(19-23-12-14-47-15-13-23)21-31(33(30)43)35(44)39-27-10-8-24(9-11-27)28-16-26(18-38-34(28)37)29-17-32(45-2)40-41-36(29)46-3/h4-11,16-18,20-21,23,34,38H,12-15,19,37H2,1-3H3,(H,39,44). The molecule has 0 bridgehead atoms. The van der Waals surface area contributed by atoms with Crippen molar-refractivity contribution in [3.8, 4) is 22.9 Å². The van der Waals surface area contributed by atoms with Crippen LogP contribution in [0.3, 0.4) is 0 Å². The summed E-state index contributed by atoms with van der Waals surface area (Å²) < 4.78 is 18.2. The minimum atomic E-state index is -0.472. The van der Waals surface area contributed by atoms with Gasteiger partial charge in [-0.15, -0.1) is 10.2 Å². The molecule has 4 N–H and O–H groups in total. The first-order valence-electron chi connectivity index (χ1n) is 15.5. The Morgan fingerprint density at radius 2 is 1.72 bits per heavy atom. The zero-order valence-corrected chi connectivity index (χ0v) is 26.7. The highest BCUT2D eigenvalue weighted by Gasteiger charge is 2.22. The molecule has 1 unspecified atom stereocenters. The third-order valence-electron chi connectivity index (χ3n) is 8.49. The van der Waals surface area contributed by atoms with Gasteiger partial charge in [-0.25, -0.2) is 0 Å². The van der Waals surface area contributed by atoms with Crippen molar-refractivity contribution in [1.29, 1.82) is 0 Å². The van der Waals surface area contributed by atoms with Crippen molar-refractivity contribution >= 4 is 22.7 Å². The van der Waals surface area contributed by atoms with Gasteiger partial charge in [0.2, 0.25) is 17.2 Å². The van der Waals surface area contributed by atoms with Crippen LogP contribution in [0.5, 0.6) is 11.8 Å². The molecule has 1 saturated heterocycles. The summed E-state index contributed by atoms with van der Waals surface area (Å²) in [6, 6.07) is 16.9. The number of nitrogens with two attached hydrogens (primary N) is 1. The average Bonchev–Trinajstić information content (AvgIpc) is 3.10. The molecule has 6 rings (SSSR count). The Kier molecular flexibility index (Phi) is 9.46. The Morgan fingerprint density at radius 3 is 2.43 bits per heavy atom. The highest BCUT2D eigenvalue weighted by molar-refractivity contribution is 6.04. The van der Waals surface area contributed by atoms with Crippen molar-refractivity contribution in [1.82, 2.24) is 20.1 Å². The molecule has 2 aliphatic heterocycles. The number of rotatable bonds is 9. The quantitative estimate of drug-likeness (QED) is 0.240. The topological polar surface area (TPSA) is 143 Å². The van der Waals surface area contributed by atoms with Crippen molar-refractivity contribution < 1.29 is 19.0 Å². The number of aryl methyl sites for hydroxylation is 1. The van der Waals surface area contributed by atoms with Crippen LogP contribution in [-0.4, -0.2) is 54.3 Å². The van der Waals surface area contributed by atoms with Gasteiger partial charge in [0, 0.05) is 61.2 Å². The number of carbonyl (C=O) groups is 1. The highest BCUT2D eigenvalue weighted by atomic mass is 16.5. The van der Waals surface area contributed by atoms with Crippen molar-refractivity contribution in [3.05, 3.63) is 112 Å². The van der Waals surface area contributed by atoms with Crippen molar-refractivity contribution in [3.63, 3.8) is 0 Å². The maximum absolute atomic E-state index is 13.7. The summed E-state index contributed by atoms with van der Waals surface area (Å²) in [5, 5.41) is 14.2. The second kappa shape index (κ2) is 14.0. The fraction of sp³-hybridized carbons (Fsp3) is 0.278. The number of carbonyl (C=O) groups excluding carboxylic acids is 1. The zero-order valence-electron chi connectivity index (χ0n) is 26.7. The number of amides is 1. The maximum atomic E-state index is 13.7. The van der Waals surface area contributed by atoms with Gasteiger partial charge in [-0.05, 0) is 60.6 Å². The number of hydrogen-bond acceptors (Lipinski definition) is 9. The van der Waals surface area contributed by atoms with Crippen LogP contribution in [-0.2, 0) is 11.3 Å². The SMILES string of the molecule is COc1cc(C2=CNC(N)C(c3ccc(NC(=O)c4cn(CC5CCOCC5)cc(-c5ccc(C)cc5)c4=O)cc3)=C2)c(OC)nn1. The minimum absolute atomic E-state index is 0.0885. The lowest BCUT2D eigenvalue weighted by molar-refractivity contribution is 0.0612. The van der Waals surface area contributed by atoms with E-state index in [1.54, 1.807) is 30.6 Å². The average molecular weight is 635 g/mol. The number of hydrogen-bond donors (Lipinski definition) is 3. The van der Waals surface area contributed by atoms with Crippen LogP contribution in [0.25, 0.3) is 22.3 Å². The number of methoxy groups -OCH3 is 2. The summed E-state index contributed by atoms with van der Waals surface area (Å²) in [5.74, 6) is 0.639. The molecular formula is C36H38N6O5. The van der Waals surface area contributed by atoms with Crippen LogP contribution >= 0.6 is 0 Å². The Morgan fingerprint density at radius 1 is 1.00 bits per heavy atom. The number of nitrogens with one attached hydrogen (secondary N) is 2. The van der Waals surface area contributed by atoms with Gasteiger partial charge in [-0.2, -0.15) is 0 Å². The number of pyridine rings is 1. The van der Waals surface area contributed by atoms with Gasteiger partial charge in [0.1, 0.15) is 11.7 Å². The molecule has 1 atom stereocenters. The summed E-state index contributed by atoms with van der Waals surface area (Å²) >= 11 is 0. The van der Waals surface area contributed by atoms with Crippen molar-refractivity contribution in [2.75, 3.05) is 32.8 Å². The number of benzene rings is 2. The molecule has 0 spiro atoms. The Balaban J connectivity index is 1.26. The fourth-order valence-corrected chi connectivity index (χ4v) is 5.82. The molecule has 2 aromatic heterocycles. The van der Waals surface area contributed by atoms with Crippen LogP contribution in [0.15, 0.2) is 84.1 Å². The third kappa shape index (κ3) is 7.11. The second-order valence-corrected chi connectivity index (χ2v) is 11.7. The third-order valence-corrected chi connectivity index (χ3v) is 8.49.